The van der Waals surface area contributed by atoms with Crippen LogP contribution in [-0.2, 0) is 22.4 Å². The van der Waals surface area contributed by atoms with Crippen LogP contribution >= 0.6 is 0 Å². The number of nitrogens with one attached hydrogen (secondary N) is 2. The Morgan fingerprint density at radius 3 is 2.68 bits per heavy atom. The lowest BCUT2D eigenvalue weighted by Crippen LogP contribution is -2.44. The minimum atomic E-state index is -1.07. The molecule has 1 amide bonds. The number of carboxylic acid groups (broad SMARTS) is 1. The number of amides is 1. The van der Waals surface area contributed by atoms with E-state index >= 15 is 0 Å². The largest absolute Gasteiger partial charge is 0.492 e. The van der Waals surface area contributed by atoms with Crippen LogP contribution in [0.1, 0.15) is 50.8 Å². The fourth-order valence-electron chi connectivity index (χ4n) is 4.29. The molecule has 0 radical (unpaired) electrons. The van der Waals surface area contributed by atoms with Gasteiger partial charge in [0.2, 0.25) is 0 Å². The van der Waals surface area contributed by atoms with Gasteiger partial charge in [0.15, 0.2) is 0 Å². The van der Waals surface area contributed by atoms with E-state index in [0.29, 0.717) is 19.7 Å². The van der Waals surface area contributed by atoms with E-state index in [0.717, 1.165) is 62.5 Å². The molecule has 0 saturated carbocycles. The molecule has 1 aliphatic heterocycles. The zero-order valence-electron chi connectivity index (χ0n) is 22.7. The monoisotopic (exact) mass is 526 g/mol. The molecule has 2 heterocycles. The molecule has 3 N–H and O–H groups in total. The second kappa shape index (κ2) is 15.8. The average Bonchev–Trinajstić information content (AvgIpc) is 2.92. The van der Waals surface area contributed by atoms with Gasteiger partial charge < -0.3 is 25.2 Å². The molecule has 9 heteroatoms. The zero-order chi connectivity index (χ0) is 27.2. The Morgan fingerprint density at radius 1 is 1.11 bits per heavy atom. The number of aryl methyl sites for hydroxylation is 2. The molecule has 1 aliphatic rings. The van der Waals surface area contributed by atoms with Crippen LogP contribution in [-0.4, -0.2) is 72.5 Å². The van der Waals surface area contributed by atoms with E-state index in [4.69, 9.17) is 14.5 Å². The molecule has 2 aromatic rings. The van der Waals surface area contributed by atoms with E-state index in [-0.39, 0.29) is 18.9 Å². The van der Waals surface area contributed by atoms with Crippen molar-refractivity contribution in [2.45, 2.75) is 58.4 Å². The van der Waals surface area contributed by atoms with Gasteiger partial charge in [-0.15, -0.1) is 0 Å². The van der Waals surface area contributed by atoms with Gasteiger partial charge in [0.05, 0.1) is 6.61 Å². The minimum absolute atomic E-state index is 0.178. The normalized spacial score (nSPS) is 13.5. The number of hydrogen-bond acceptors (Lipinski definition) is 7. The fourth-order valence-corrected chi connectivity index (χ4v) is 4.29. The van der Waals surface area contributed by atoms with Crippen LogP contribution < -0.4 is 15.4 Å². The van der Waals surface area contributed by atoms with Crippen molar-refractivity contribution in [3.05, 3.63) is 53.7 Å². The Balaban J connectivity index is 1.49. The number of aromatic nitrogens is 1. The van der Waals surface area contributed by atoms with Crippen molar-refractivity contribution in [2.75, 3.05) is 44.7 Å². The number of carbonyl (C=O) groups is 2. The molecule has 0 saturated heterocycles. The summed E-state index contributed by atoms with van der Waals surface area (Å²) in [6.07, 6.45) is 4.62. The highest BCUT2D eigenvalue weighted by molar-refractivity contribution is 5.79. The summed E-state index contributed by atoms with van der Waals surface area (Å²) in [7, 11) is 0. The number of para-hydroxylation sites is 1. The van der Waals surface area contributed by atoms with Crippen molar-refractivity contribution in [1.29, 1.82) is 0 Å². The highest BCUT2D eigenvalue weighted by Crippen LogP contribution is 2.20. The van der Waals surface area contributed by atoms with E-state index in [1.54, 1.807) is 0 Å². The topological polar surface area (TPSA) is 113 Å². The molecule has 0 bridgehead atoms. The molecule has 208 valence electrons. The minimum Gasteiger partial charge on any atom is -0.492 e. The van der Waals surface area contributed by atoms with Gasteiger partial charge in [0.25, 0.3) is 0 Å². The van der Waals surface area contributed by atoms with Crippen LogP contribution in [0.2, 0.25) is 0 Å². The Morgan fingerprint density at radius 2 is 1.92 bits per heavy atom. The summed E-state index contributed by atoms with van der Waals surface area (Å²) in [5, 5.41) is 15.5. The number of anilines is 1. The number of pyridine rings is 1. The summed E-state index contributed by atoms with van der Waals surface area (Å²) < 4.78 is 11.0. The second-order valence-electron chi connectivity index (χ2n) is 10.1. The molecular weight excluding hydrogens is 484 g/mol. The lowest BCUT2D eigenvalue weighted by atomic mass is 10.1. The van der Waals surface area contributed by atoms with E-state index in [1.165, 1.54) is 5.56 Å². The van der Waals surface area contributed by atoms with Gasteiger partial charge in [0.1, 0.15) is 24.2 Å². The third-order valence-electron chi connectivity index (χ3n) is 6.40. The fraction of sp³-hybridized carbons (Fsp3) is 0.552. The average molecular weight is 527 g/mol. The summed E-state index contributed by atoms with van der Waals surface area (Å²) in [4.78, 5) is 30.8. The third kappa shape index (κ3) is 10.6. The lowest BCUT2D eigenvalue weighted by molar-refractivity contribution is -0.139. The summed E-state index contributed by atoms with van der Waals surface area (Å²) in [6, 6.07) is 12.9. The molecule has 1 atom stereocenters. The highest BCUT2D eigenvalue weighted by atomic mass is 16.5. The number of ether oxygens (including phenoxy) is 2. The van der Waals surface area contributed by atoms with Crippen LogP contribution in [0.15, 0.2) is 42.5 Å². The summed E-state index contributed by atoms with van der Waals surface area (Å²) in [6.45, 7) is 7.53. The number of carboxylic acids is 1. The van der Waals surface area contributed by atoms with Crippen molar-refractivity contribution < 1.29 is 24.2 Å². The lowest BCUT2D eigenvalue weighted by Gasteiger charge is -2.24. The number of benzene rings is 1. The van der Waals surface area contributed by atoms with Crippen molar-refractivity contribution in [3.8, 4) is 5.75 Å². The molecule has 0 spiro atoms. The van der Waals surface area contributed by atoms with E-state index in [9.17, 15) is 14.7 Å². The van der Waals surface area contributed by atoms with Gasteiger partial charge in [-0.3, -0.25) is 4.90 Å². The zero-order valence-corrected chi connectivity index (χ0v) is 22.7. The number of alkyl carbamates (subject to hydrolysis) is 1. The summed E-state index contributed by atoms with van der Waals surface area (Å²) in [5.74, 6) is 0.932. The van der Waals surface area contributed by atoms with E-state index < -0.39 is 18.1 Å². The van der Waals surface area contributed by atoms with E-state index in [1.807, 2.05) is 44.2 Å². The summed E-state index contributed by atoms with van der Waals surface area (Å²) in [5.41, 5.74) is 2.38. The van der Waals surface area contributed by atoms with Crippen LogP contribution in [0.25, 0.3) is 0 Å². The first-order valence-electron chi connectivity index (χ1n) is 13.7. The summed E-state index contributed by atoms with van der Waals surface area (Å²) >= 11 is 0. The first-order valence-corrected chi connectivity index (χ1v) is 13.7. The number of rotatable bonds is 16. The first-order chi connectivity index (χ1) is 18.4. The van der Waals surface area contributed by atoms with Crippen molar-refractivity contribution in [1.82, 2.24) is 15.2 Å². The van der Waals surface area contributed by atoms with Crippen molar-refractivity contribution in [2.24, 2.45) is 5.92 Å². The quantitative estimate of drug-likeness (QED) is 0.277. The number of carbonyl (C=O) groups excluding carboxylic acids is 1. The number of hydrogen-bond donors (Lipinski definition) is 3. The van der Waals surface area contributed by atoms with E-state index in [2.05, 4.69) is 27.7 Å². The number of nitrogens with zero attached hydrogens (tertiary/aromatic N) is 2. The maximum absolute atomic E-state index is 12.0. The molecule has 0 unspecified atom stereocenters. The van der Waals surface area contributed by atoms with Crippen LogP contribution in [0.4, 0.5) is 10.6 Å². The van der Waals surface area contributed by atoms with Gasteiger partial charge in [0, 0.05) is 25.3 Å². The maximum Gasteiger partial charge on any atom is 0.407 e. The van der Waals surface area contributed by atoms with Crippen LogP contribution in [0.3, 0.4) is 0 Å². The standard InChI is InChI=1S/C29H42N4O5/c1-22(2)21-38-29(36)32-26(28(34)35)15-18-33(19-20-37-25-11-4-3-5-12-25)17-7-6-10-24-14-13-23-9-8-16-30-27(23)31-24/h3-5,11-14,22,26H,6-10,15-21H2,1-2H3,(H,30,31)(H,32,36)(H,34,35)/t26-/m0/s1. The first kappa shape index (κ1) is 29.2. The maximum atomic E-state index is 12.0. The highest BCUT2D eigenvalue weighted by Gasteiger charge is 2.22. The van der Waals surface area contributed by atoms with Gasteiger partial charge in [-0.05, 0) is 74.8 Å². The molecule has 0 aliphatic carbocycles. The Bertz CT molecular complexity index is 1000. The van der Waals surface area contributed by atoms with Gasteiger partial charge >= 0.3 is 12.1 Å². The smallest absolute Gasteiger partial charge is 0.407 e. The molecule has 9 nitrogen and oxygen atoms in total. The second-order valence-corrected chi connectivity index (χ2v) is 10.1. The molecular formula is C29H42N4O5. The molecule has 1 aromatic carbocycles. The number of aliphatic carboxylic acids is 1. The predicted molar refractivity (Wildman–Crippen MR) is 148 cm³/mol. The van der Waals surface area contributed by atoms with Gasteiger partial charge in [-0.1, -0.05) is 38.1 Å². The molecule has 1 aromatic heterocycles. The third-order valence-corrected chi connectivity index (χ3v) is 6.40. The molecule has 3 rings (SSSR count). The van der Waals surface area contributed by atoms with Crippen LogP contribution in [0.5, 0.6) is 5.75 Å². The molecule has 0 fully saturated rings. The van der Waals surface area contributed by atoms with Crippen LogP contribution in [0, 0.1) is 5.92 Å². The van der Waals surface area contributed by atoms with Crippen molar-refractivity contribution in [3.63, 3.8) is 0 Å². The van der Waals surface area contributed by atoms with Gasteiger partial charge in [-0.25, -0.2) is 14.6 Å². The Kier molecular flexibility index (Phi) is 12.2. The molecule has 38 heavy (non-hydrogen) atoms. The van der Waals surface area contributed by atoms with Crippen molar-refractivity contribution >= 4 is 17.9 Å². The predicted octanol–water partition coefficient (Wildman–Crippen LogP) is 4.37. The number of unbranched alkanes of at least 4 members (excludes halogenated alkanes) is 1. The Hall–Kier alpha value is -3.33. The number of fused-ring (bicyclic) bond motifs is 1. The van der Waals surface area contributed by atoms with Gasteiger partial charge in [-0.2, -0.15) is 0 Å². The SMILES string of the molecule is CC(C)COC(=O)N[C@@H](CCN(CCCCc1ccc2c(n1)NCCC2)CCOc1ccccc1)C(=O)O. The Labute approximate surface area is 225 Å².